The van der Waals surface area contributed by atoms with E-state index in [9.17, 15) is 17.8 Å². The molecule has 2 aromatic rings. The molecule has 0 fully saturated rings. The molecular formula is C26H30N3O6S+. The van der Waals surface area contributed by atoms with Gasteiger partial charge in [-0.15, -0.1) is 0 Å². The number of unbranched alkanes of at least 4 members (excludes halogenated alkanes) is 2. The van der Waals surface area contributed by atoms with Crippen LogP contribution in [-0.4, -0.2) is 48.7 Å². The van der Waals surface area contributed by atoms with Crippen LogP contribution in [0.3, 0.4) is 0 Å². The van der Waals surface area contributed by atoms with Crippen LogP contribution in [0.4, 0.5) is 5.69 Å². The zero-order valence-corrected chi connectivity index (χ0v) is 21.1. The van der Waals surface area contributed by atoms with Crippen LogP contribution < -0.4 is 15.2 Å². The number of rotatable bonds is 10. The van der Waals surface area contributed by atoms with Gasteiger partial charge in [0, 0.05) is 41.6 Å². The maximum Gasteiger partial charge on any atom is 0.303 e. The number of nitrogens with zero attached hydrogens (tertiary/aromatic N) is 2. The van der Waals surface area contributed by atoms with Gasteiger partial charge in [0.2, 0.25) is 5.36 Å². The highest BCUT2D eigenvalue weighted by Crippen LogP contribution is 2.35. The van der Waals surface area contributed by atoms with Gasteiger partial charge in [-0.1, -0.05) is 12.5 Å². The van der Waals surface area contributed by atoms with Crippen molar-refractivity contribution < 1.29 is 27.3 Å². The van der Waals surface area contributed by atoms with Crippen molar-refractivity contribution >= 4 is 43.6 Å². The van der Waals surface area contributed by atoms with Crippen molar-refractivity contribution in [1.29, 1.82) is 0 Å². The average molecular weight is 513 g/mol. The highest BCUT2D eigenvalue weighted by atomic mass is 32.2. The summed E-state index contributed by atoms with van der Waals surface area (Å²) in [6.07, 6.45) is 2.20. The zero-order chi connectivity index (χ0) is 25.9. The van der Waals surface area contributed by atoms with E-state index in [2.05, 4.69) is 23.7 Å². The first-order chi connectivity index (χ1) is 17.2. The van der Waals surface area contributed by atoms with E-state index in [1.165, 1.54) is 12.1 Å². The van der Waals surface area contributed by atoms with Gasteiger partial charge in [-0.25, -0.2) is 9.56 Å². The third-order valence-corrected chi connectivity index (χ3v) is 7.10. The summed E-state index contributed by atoms with van der Waals surface area (Å²) in [5, 5.41) is 14.4. The number of fused-ring (bicyclic) bond motifs is 4. The Morgan fingerprint density at radius 3 is 2.50 bits per heavy atom. The lowest BCUT2D eigenvalue weighted by molar-refractivity contribution is -0.137. The number of hydrogen-bond donors (Lipinski definition) is 3. The van der Waals surface area contributed by atoms with Crippen LogP contribution in [0.25, 0.3) is 33.3 Å². The fourth-order valence-corrected chi connectivity index (χ4v) is 4.87. The number of carbonyl (C=O) groups is 1. The number of aliphatic carboxylic acids is 1. The molecule has 190 valence electrons. The van der Waals surface area contributed by atoms with E-state index in [0.717, 1.165) is 31.3 Å². The number of nitrogens with one attached hydrogen (secondary N) is 1. The summed E-state index contributed by atoms with van der Waals surface area (Å²) in [4.78, 5) is 15.3. The molecule has 3 N–H and O–H groups in total. The number of carboxylic acids is 1. The minimum atomic E-state index is -4.39. The summed E-state index contributed by atoms with van der Waals surface area (Å²) in [5.41, 5.74) is 2.45. The van der Waals surface area contributed by atoms with E-state index in [1.54, 1.807) is 12.1 Å². The average Bonchev–Trinajstić information content (AvgIpc) is 2.84. The lowest BCUT2D eigenvalue weighted by atomic mass is 10.1. The van der Waals surface area contributed by atoms with Gasteiger partial charge in [-0.2, -0.15) is 8.42 Å². The molecule has 10 heteroatoms. The van der Waals surface area contributed by atoms with Gasteiger partial charge in [-0.3, -0.25) is 9.35 Å². The van der Waals surface area contributed by atoms with Crippen molar-refractivity contribution in [2.24, 2.45) is 0 Å². The summed E-state index contributed by atoms with van der Waals surface area (Å²) in [7, 11) is -4.39. The van der Waals surface area contributed by atoms with Crippen molar-refractivity contribution in [1.82, 2.24) is 9.56 Å². The Balaban J connectivity index is 1.83. The van der Waals surface area contributed by atoms with E-state index in [1.807, 2.05) is 18.2 Å². The smallest absolute Gasteiger partial charge is 0.303 e. The number of hydrogen-bond acceptors (Lipinski definition) is 6. The fourth-order valence-electron chi connectivity index (χ4n) is 4.36. The van der Waals surface area contributed by atoms with Crippen LogP contribution in [0, 0.1) is 0 Å². The Labute approximate surface area is 209 Å². The third kappa shape index (κ3) is 5.50. The maximum absolute atomic E-state index is 11.8. The Kier molecular flexibility index (Phi) is 7.56. The largest absolute Gasteiger partial charge is 0.481 e. The van der Waals surface area contributed by atoms with E-state index in [4.69, 9.17) is 14.5 Å². The predicted octanol–water partition coefficient (Wildman–Crippen LogP) is 4.20. The van der Waals surface area contributed by atoms with Gasteiger partial charge in [0.1, 0.15) is 24.3 Å². The van der Waals surface area contributed by atoms with Crippen LogP contribution in [0.2, 0.25) is 0 Å². The summed E-state index contributed by atoms with van der Waals surface area (Å²) < 4.78 is 41.7. The molecule has 0 saturated heterocycles. The summed E-state index contributed by atoms with van der Waals surface area (Å²) in [6.45, 7) is 6.48. The van der Waals surface area contributed by atoms with Crippen LogP contribution >= 0.6 is 0 Å². The highest BCUT2D eigenvalue weighted by molar-refractivity contribution is 7.85. The monoisotopic (exact) mass is 512 g/mol. The quantitative estimate of drug-likeness (QED) is 0.0947. The first kappa shape index (κ1) is 25.6. The zero-order valence-electron chi connectivity index (χ0n) is 20.3. The van der Waals surface area contributed by atoms with Gasteiger partial charge in [0.25, 0.3) is 10.1 Å². The Bertz CT molecular complexity index is 1570. The van der Waals surface area contributed by atoms with Gasteiger partial charge in [-0.05, 0) is 44.9 Å². The molecule has 36 heavy (non-hydrogen) atoms. The van der Waals surface area contributed by atoms with Crippen LogP contribution in [0.15, 0.2) is 51.8 Å². The van der Waals surface area contributed by atoms with Gasteiger partial charge in [0.05, 0.1) is 11.0 Å². The molecule has 2 aliphatic rings. The molecule has 4 rings (SSSR count). The molecule has 0 unspecified atom stereocenters. The topological polar surface area (TPSA) is 133 Å². The molecule has 1 aliphatic heterocycles. The number of carboxylic acid groups (broad SMARTS) is 1. The minimum absolute atomic E-state index is 0.129. The van der Waals surface area contributed by atoms with Gasteiger partial charge in [0.15, 0.2) is 11.3 Å². The standard InChI is InChI=1S/C26H29N3O6S/c1-3-29(4-2)17-9-12-21-23(14-17)35-24-16-22(27-13-7-5-6-8-25(30)31)20-15-18(36(32,33)34)10-11-19(20)26(24)28-21/h9-12,14-16H,3-8,13H2,1-2H3,(H2,30,31,32,33,34)/p+1. The van der Waals surface area contributed by atoms with Crippen LogP contribution in [-0.2, 0) is 14.9 Å². The van der Waals surface area contributed by atoms with Crippen LogP contribution in [0.5, 0.6) is 0 Å². The number of anilines is 1. The first-order valence-electron chi connectivity index (χ1n) is 12.0. The molecule has 0 bridgehead atoms. The molecule has 0 aromatic heterocycles. The molecule has 9 nitrogen and oxygen atoms in total. The first-order valence-corrected chi connectivity index (χ1v) is 13.5. The lowest BCUT2D eigenvalue weighted by Crippen LogP contribution is -2.29. The van der Waals surface area contributed by atoms with E-state index < -0.39 is 16.1 Å². The van der Waals surface area contributed by atoms with Gasteiger partial charge < -0.3 is 14.8 Å². The van der Waals surface area contributed by atoms with Crippen molar-refractivity contribution in [3.63, 3.8) is 0 Å². The van der Waals surface area contributed by atoms with E-state index in [0.29, 0.717) is 52.0 Å². The number of benzene rings is 3. The SMILES string of the molecule is CC[N+](CC)=c1ccc2nc3c(cc(NCCCCCC(=O)O)c4cc(S(=O)(=O)O)ccc43)oc-2c1. The molecule has 2 aromatic carbocycles. The summed E-state index contributed by atoms with van der Waals surface area (Å²) in [6, 6.07) is 12.1. The molecule has 0 radical (unpaired) electrons. The Morgan fingerprint density at radius 2 is 1.81 bits per heavy atom. The summed E-state index contributed by atoms with van der Waals surface area (Å²) >= 11 is 0. The van der Waals surface area contributed by atoms with Crippen LogP contribution in [0.1, 0.15) is 39.5 Å². The second kappa shape index (κ2) is 10.6. The molecule has 0 amide bonds. The second-order valence-corrected chi connectivity index (χ2v) is 10.0. The molecule has 0 saturated carbocycles. The van der Waals surface area contributed by atoms with E-state index >= 15 is 0 Å². The fraction of sp³-hybridized carbons (Fsp3) is 0.346. The highest BCUT2D eigenvalue weighted by Gasteiger charge is 2.18. The Hall–Kier alpha value is -3.50. The maximum atomic E-state index is 11.8. The van der Waals surface area contributed by atoms with Crippen molar-refractivity contribution in [3.05, 3.63) is 47.8 Å². The Morgan fingerprint density at radius 1 is 1.03 bits per heavy atom. The van der Waals surface area contributed by atoms with Crippen molar-refractivity contribution in [3.8, 4) is 11.5 Å². The summed E-state index contributed by atoms with van der Waals surface area (Å²) in [5.74, 6) is -0.174. The van der Waals surface area contributed by atoms with E-state index in [-0.39, 0.29) is 11.3 Å². The molecule has 1 heterocycles. The predicted molar refractivity (Wildman–Crippen MR) is 139 cm³/mol. The molecule has 1 aliphatic carbocycles. The normalized spacial score (nSPS) is 11.9. The third-order valence-electron chi connectivity index (χ3n) is 6.25. The minimum Gasteiger partial charge on any atom is -0.481 e. The lowest BCUT2D eigenvalue weighted by Gasteiger charge is -2.14. The number of aromatic nitrogens is 1. The van der Waals surface area contributed by atoms with Crippen molar-refractivity contribution in [2.75, 3.05) is 25.0 Å². The molecular weight excluding hydrogens is 482 g/mol. The molecule has 0 atom stereocenters. The molecule has 0 spiro atoms. The van der Waals surface area contributed by atoms with Gasteiger partial charge >= 0.3 is 5.97 Å². The second-order valence-electron chi connectivity index (χ2n) is 8.62. The van der Waals surface area contributed by atoms with Crippen molar-refractivity contribution in [2.45, 2.75) is 44.4 Å².